The minimum atomic E-state index is -4.12. The van der Waals surface area contributed by atoms with Crippen LogP contribution in [0.3, 0.4) is 0 Å². The zero-order valence-electron chi connectivity index (χ0n) is 11.1. The highest BCUT2D eigenvalue weighted by Crippen LogP contribution is 2.22. The number of nitrogen functional groups attached to an aromatic ring is 1. The molecule has 0 aliphatic heterocycles. The van der Waals surface area contributed by atoms with Gasteiger partial charge in [0, 0.05) is 24.9 Å². The maximum absolute atomic E-state index is 12.0. The molecule has 1 rings (SSSR count). The van der Waals surface area contributed by atoms with Crippen molar-refractivity contribution in [3.05, 3.63) is 11.4 Å². The Morgan fingerprint density at radius 2 is 1.95 bits per heavy atom. The van der Waals surface area contributed by atoms with Gasteiger partial charge in [0.15, 0.2) is 0 Å². The molecule has 0 saturated carbocycles. The van der Waals surface area contributed by atoms with Gasteiger partial charge in [0.1, 0.15) is 17.5 Å². The van der Waals surface area contributed by atoms with E-state index in [1.165, 1.54) is 0 Å². The summed E-state index contributed by atoms with van der Waals surface area (Å²) < 4.78 is 36.0. The molecule has 0 fully saturated rings. The van der Waals surface area contributed by atoms with Gasteiger partial charge >= 0.3 is 6.18 Å². The molecular weight excluding hydrogens is 257 g/mol. The monoisotopic (exact) mass is 276 g/mol. The number of aryl methyl sites for hydroxylation is 1. The van der Waals surface area contributed by atoms with E-state index in [0.717, 1.165) is 6.42 Å². The van der Waals surface area contributed by atoms with E-state index in [9.17, 15) is 13.2 Å². The van der Waals surface area contributed by atoms with Crippen LogP contribution in [0.25, 0.3) is 0 Å². The zero-order chi connectivity index (χ0) is 14.5. The fraction of sp³-hybridized carbons (Fsp3) is 0.667. The van der Waals surface area contributed by atoms with E-state index >= 15 is 0 Å². The van der Waals surface area contributed by atoms with Crippen LogP contribution in [0, 0.1) is 6.92 Å². The molecule has 19 heavy (non-hydrogen) atoms. The molecule has 0 aliphatic rings. The first-order chi connectivity index (χ1) is 8.83. The number of halogens is 3. The van der Waals surface area contributed by atoms with Gasteiger partial charge in [-0.15, -0.1) is 0 Å². The number of nitrogens with two attached hydrogens (primary N) is 1. The standard InChI is InChI=1S/C12H19F3N4/c1-3-5-9-18-10(16)8(2)11(19-9)17-7-4-6-12(13,14)15/h3-7H2,1-2H3,(H3,16,17,18,19). The molecule has 0 radical (unpaired) electrons. The Morgan fingerprint density at radius 3 is 2.53 bits per heavy atom. The Balaban J connectivity index is 2.61. The smallest absolute Gasteiger partial charge is 0.383 e. The maximum Gasteiger partial charge on any atom is 0.389 e. The van der Waals surface area contributed by atoms with Crippen LogP contribution in [0.1, 0.15) is 37.6 Å². The molecule has 0 atom stereocenters. The quantitative estimate of drug-likeness (QED) is 0.784. The molecule has 0 amide bonds. The summed E-state index contributed by atoms with van der Waals surface area (Å²) in [6, 6.07) is 0. The Kier molecular flexibility index (Phi) is 5.38. The lowest BCUT2D eigenvalue weighted by Crippen LogP contribution is -2.13. The van der Waals surface area contributed by atoms with Crippen LogP contribution in [0.4, 0.5) is 24.8 Å². The molecule has 1 heterocycles. The third kappa shape index (κ3) is 5.32. The van der Waals surface area contributed by atoms with Crippen LogP contribution in [-0.4, -0.2) is 22.7 Å². The number of nitrogens with zero attached hydrogens (tertiary/aromatic N) is 2. The van der Waals surface area contributed by atoms with Gasteiger partial charge in [0.25, 0.3) is 0 Å². The van der Waals surface area contributed by atoms with Gasteiger partial charge < -0.3 is 11.1 Å². The summed E-state index contributed by atoms with van der Waals surface area (Å²) in [5.74, 6) is 1.51. The predicted molar refractivity (Wildman–Crippen MR) is 69.0 cm³/mol. The van der Waals surface area contributed by atoms with Crippen molar-refractivity contribution in [3.8, 4) is 0 Å². The van der Waals surface area contributed by atoms with Crippen molar-refractivity contribution in [3.63, 3.8) is 0 Å². The van der Waals surface area contributed by atoms with E-state index in [1.807, 2.05) is 6.92 Å². The first-order valence-corrected chi connectivity index (χ1v) is 6.27. The minimum Gasteiger partial charge on any atom is -0.383 e. The molecule has 7 heteroatoms. The largest absolute Gasteiger partial charge is 0.389 e. The Bertz CT molecular complexity index is 418. The molecule has 0 aromatic carbocycles. The van der Waals surface area contributed by atoms with Crippen LogP contribution < -0.4 is 11.1 Å². The van der Waals surface area contributed by atoms with Crippen molar-refractivity contribution in [2.24, 2.45) is 0 Å². The average Bonchev–Trinajstić information content (AvgIpc) is 2.29. The first kappa shape index (κ1) is 15.5. The Hall–Kier alpha value is -1.53. The summed E-state index contributed by atoms with van der Waals surface area (Å²) in [4.78, 5) is 8.41. The van der Waals surface area contributed by atoms with Crippen molar-refractivity contribution >= 4 is 11.6 Å². The van der Waals surface area contributed by atoms with Crippen LogP contribution >= 0.6 is 0 Å². The second-order valence-corrected chi connectivity index (χ2v) is 4.39. The molecular formula is C12H19F3N4. The van der Waals surface area contributed by atoms with Crippen LogP contribution in [0.2, 0.25) is 0 Å². The minimum absolute atomic E-state index is 0.00988. The Labute approximate surface area is 110 Å². The highest BCUT2D eigenvalue weighted by molar-refractivity contribution is 5.54. The molecule has 3 N–H and O–H groups in total. The second kappa shape index (κ2) is 6.58. The fourth-order valence-corrected chi connectivity index (χ4v) is 1.59. The summed E-state index contributed by atoms with van der Waals surface area (Å²) in [5, 5.41) is 2.89. The van der Waals surface area contributed by atoms with Crippen molar-refractivity contribution < 1.29 is 13.2 Å². The third-order valence-corrected chi connectivity index (χ3v) is 2.63. The summed E-state index contributed by atoms with van der Waals surface area (Å²) in [5.41, 5.74) is 6.43. The number of hydrogen-bond donors (Lipinski definition) is 2. The lowest BCUT2D eigenvalue weighted by atomic mass is 10.2. The number of hydrogen-bond acceptors (Lipinski definition) is 4. The van der Waals surface area contributed by atoms with E-state index < -0.39 is 12.6 Å². The lowest BCUT2D eigenvalue weighted by molar-refractivity contribution is -0.134. The molecule has 0 spiro atoms. The SMILES string of the molecule is CCCc1nc(N)c(C)c(NCCCC(F)(F)F)n1. The van der Waals surface area contributed by atoms with Crippen molar-refractivity contribution in [2.75, 3.05) is 17.6 Å². The molecule has 0 bridgehead atoms. The molecule has 108 valence electrons. The van der Waals surface area contributed by atoms with Crippen LogP contribution in [0.5, 0.6) is 0 Å². The van der Waals surface area contributed by atoms with E-state index in [0.29, 0.717) is 29.4 Å². The van der Waals surface area contributed by atoms with Gasteiger partial charge in [-0.05, 0) is 19.8 Å². The van der Waals surface area contributed by atoms with Crippen LogP contribution in [-0.2, 0) is 6.42 Å². The summed E-state index contributed by atoms with van der Waals surface area (Å²) in [7, 11) is 0. The van der Waals surface area contributed by atoms with E-state index in [-0.39, 0.29) is 13.0 Å². The van der Waals surface area contributed by atoms with Crippen molar-refractivity contribution in [1.29, 1.82) is 0 Å². The molecule has 0 unspecified atom stereocenters. The predicted octanol–water partition coefficient (Wildman–Crippen LogP) is 3.07. The second-order valence-electron chi connectivity index (χ2n) is 4.39. The van der Waals surface area contributed by atoms with Gasteiger partial charge in [0.05, 0.1) is 0 Å². The van der Waals surface area contributed by atoms with Gasteiger partial charge in [-0.3, -0.25) is 0 Å². The summed E-state index contributed by atoms with van der Waals surface area (Å²) in [6.45, 7) is 3.95. The molecule has 0 aliphatic carbocycles. The highest BCUT2D eigenvalue weighted by Gasteiger charge is 2.25. The van der Waals surface area contributed by atoms with E-state index in [4.69, 9.17) is 5.73 Å². The van der Waals surface area contributed by atoms with E-state index in [1.54, 1.807) is 6.92 Å². The summed E-state index contributed by atoms with van der Waals surface area (Å²) in [6.07, 6.45) is -3.33. The molecule has 0 saturated heterocycles. The van der Waals surface area contributed by atoms with Gasteiger partial charge in [-0.25, -0.2) is 9.97 Å². The first-order valence-electron chi connectivity index (χ1n) is 6.27. The topological polar surface area (TPSA) is 63.8 Å². The summed E-state index contributed by atoms with van der Waals surface area (Å²) >= 11 is 0. The Morgan fingerprint density at radius 1 is 1.26 bits per heavy atom. The van der Waals surface area contributed by atoms with Crippen molar-refractivity contribution in [2.45, 2.75) is 45.7 Å². The molecule has 1 aromatic rings. The van der Waals surface area contributed by atoms with Gasteiger partial charge in [-0.1, -0.05) is 6.92 Å². The van der Waals surface area contributed by atoms with Crippen molar-refractivity contribution in [1.82, 2.24) is 9.97 Å². The number of nitrogens with one attached hydrogen (secondary N) is 1. The van der Waals surface area contributed by atoms with Gasteiger partial charge in [-0.2, -0.15) is 13.2 Å². The number of rotatable bonds is 6. The number of aromatic nitrogens is 2. The maximum atomic E-state index is 12.0. The third-order valence-electron chi connectivity index (χ3n) is 2.63. The molecule has 4 nitrogen and oxygen atoms in total. The van der Waals surface area contributed by atoms with E-state index in [2.05, 4.69) is 15.3 Å². The van der Waals surface area contributed by atoms with Gasteiger partial charge in [0.2, 0.25) is 0 Å². The zero-order valence-corrected chi connectivity index (χ0v) is 11.1. The molecule has 1 aromatic heterocycles. The lowest BCUT2D eigenvalue weighted by Gasteiger charge is -2.12. The highest BCUT2D eigenvalue weighted by atomic mass is 19.4. The average molecular weight is 276 g/mol. The fourth-order valence-electron chi connectivity index (χ4n) is 1.59. The number of anilines is 2. The normalized spacial score (nSPS) is 11.6. The van der Waals surface area contributed by atoms with Crippen LogP contribution in [0.15, 0.2) is 0 Å². The number of alkyl halides is 3.